The second kappa shape index (κ2) is 8.88. The van der Waals surface area contributed by atoms with Crippen molar-refractivity contribution in [2.75, 3.05) is 24.5 Å². The Morgan fingerprint density at radius 3 is 2.74 bits per heavy atom. The first-order valence-corrected chi connectivity index (χ1v) is 11.7. The Kier molecular flexibility index (Phi) is 5.75. The van der Waals surface area contributed by atoms with Crippen molar-refractivity contribution in [3.8, 4) is 6.07 Å². The molecule has 1 aliphatic heterocycles. The van der Waals surface area contributed by atoms with Crippen molar-refractivity contribution in [3.63, 3.8) is 0 Å². The second-order valence-electron chi connectivity index (χ2n) is 8.86. The van der Waals surface area contributed by atoms with Gasteiger partial charge in [-0.1, -0.05) is 13.0 Å². The van der Waals surface area contributed by atoms with Crippen LogP contribution in [0.5, 0.6) is 0 Å². The number of hydrogen-bond acceptors (Lipinski definition) is 7. The number of anilines is 1. The number of aryl methyl sites for hydroxylation is 1. The zero-order valence-corrected chi connectivity index (χ0v) is 19.7. The smallest absolute Gasteiger partial charge is 0.267 e. The summed E-state index contributed by atoms with van der Waals surface area (Å²) < 4.78 is 3.30. The monoisotopic (exact) mass is 456 g/mol. The van der Waals surface area contributed by atoms with E-state index < -0.39 is 0 Å². The number of aromatic nitrogens is 5. The summed E-state index contributed by atoms with van der Waals surface area (Å²) in [6.45, 7) is 6.95. The number of nitriles is 1. The predicted molar refractivity (Wildman–Crippen MR) is 131 cm³/mol. The molecule has 1 aromatic carbocycles. The van der Waals surface area contributed by atoms with Crippen LogP contribution in [0.1, 0.15) is 37.6 Å². The molecule has 0 bridgehead atoms. The van der Waals surface area contributed by atoms with Crippen LogP contribution in [0.4, 0.5) is 5.69 Å². The zero-order valence-electron chi connectivity index (χ0n) is 19.7. The summed E-state index contributed by atoms with van der Waals surface area (Å²) in [6.07, 6.45) is 6.39. The lowest BCUT2D eigenvalue weighted by atomic mass is 10.0. The number of nitrogens with zero attached hydrogens (tertiary/aromatic N) is 8. The van der Waals surface area contributed by atoms with Crippen molar-refractivity contribution in [3.05, 3.63) is 64.5 Å². The Balaban J connectivity index is 1.44. The van der Waals surface area contributed by atoms with Gasteiger partial charge in [-0.15, -0.1) is 0 Å². The molecular weight excluding hydrogens is 428 g/mol. The molecule has 0 radical (unpaired) electrons. The van der Waals surface area contributed by atoms with Crippen LogP contribution in [0.3, 0.4) is 0 Å². The molecule has 0 aliphatic carbocycles. The van der Waals surface area contributed by atoms with E-state index in [0.717, 1.165) is 48.4 Å². The Morgan fingerprint density at radius 2 is 1.97 bits per heavy atom. The number of hydrogen-bond donors (Lipinski definition) is 0. The fraction of sp³-hybridized carbons (Fsp3) is 0.400. The molecule has 0 saturated carbocycles. The van der Waals surface area contributed by atoms with Crippen LogP contribution in [-0.2, 0) is 13.5 Å². The van der Waals surface area contributed by atoms with E-state index in [9.17, 15) is 4.79 Å². The highest BCUT2D eigenvalue weighted by Crippen LogP contribution is 2.30. The summed E-state index contributed by atoms with van der Waals surface area (Å²) in [5.74, 6) is 0. The second-order valence-corrected chi connectivity index (χ2v) is 8.86. The van der Waals surface area contributed by atoms with Gasteiger partial charge in [0.15, 0.2) is 5.65 Å². The van der Waals surface area contributed by atoms with Crippen LogP contribution >= 0.6 is 0 Å². The lowest BCUT2D eigenvalue weighted by Gasteiger charge is -2.44. The summed E-state index contributed by atoms with van der Waals surface area (Å²) in [6, 6.07) is 10.6. The third-order valence-electron chi connectivity index (χ3n) is 6.95. The normalized spacial score (nSPS) is 17.8. The molecule has 2 atom stereocenters. The van der Waals surface area contributed by atoms with Gasteiger partial charge in [0.2, 0.25) is 0 Å². The van der Waals surface area contributed by atoms with E-state index in [0.29, 0.717) is 5.69 Å². The van der Waals surface area contributed by atoms with E-state index in [1.54, 1.807) is 36.2 Å². The highest BCUT2D eigenvalue weighted by atomic mass is 16.1. The van der Waals surface area contributed by atoms with Gasteiger partial charge in [-0.3, -0.25) is 19.7 Å². The molecule has 0 N–H and O–H groups in total. The van der Waals surface area contributed by atoms with Gasteiger partial charge in [-0.25, -0.2) is 14.2 Å². The first-order valence-electron chi connectivity index (χ1n) is 11.7. The lowest BCUT2D eigenvalue weighted by Crippen LogP contribution is -2.54. The molecule has 34 heavy (non-hydrogen) atoms. The molecule has 1 saturated heterocycles. The predicted octanol–water partition coefficient (Wildman–Crippen LogP) is 2.70. The quantitative estimate of drug-likeness (QED) is 0.456. The van der Waals surface area contributed by atoms with E-state index in [4.69, 9.17) is 10.2 Å². The summed E-state index contributed by atoms with van der Waals surface area (Å²) >= 11 is 0. The summed E-state index contributed by atoms with van der Waals surface area (Å²) in [4.78, 5) is 31.1. The maximum atomic E-state index is 12.7. The van der Waals surface area contributed by atoms with Crippen LogP contribution in [0, 0.1) is 11.3 Å². The first-order chi connectivity index (χ1) is 16.5. The van der Waals surface area contributed by atoms with Crippen molar-refractivity contribution < 1.29 is 0 Å². The summed E-state index contributed by atoms with van der Waals surface area (Å²) in [5, 5.41) is 9.11. The minimum Gasteiger partial charge on any atom is -0.363 e. The van der Waals surface area contributed by atoms with Crippen LogP contribution < -0.4 is 10.5 Å². The van der Waals surface area contributed by atoms with Crippen molar-refractivity contribution in [1.29, 1.82) is 5.26 Å². The molecule has 0 spiro atoms. The minimum absolute atomic E-state index is 0.0914. The minimum atomic E-state index is -0.0914. The van der Waals surface area contributed by atoms with Gasteiger partial charge < -0.3 is 4.90 Å². The standard InChI is InChI=1S/C25H28N8O/c1-4-20-16-31(17(2)18-5-6-21-22(13-18)28-10-9-27-21)11-12-32(20)23-14-24(34)30(3)33-15-19(7-8-26)29-25(23)33/h5-6,9-10,13-15,17,20H,4,7,11-12,16H2,1-3H3. The topological polar surface area (TPSA) is 95.4 Å². The van der Waals surface area contributed by atoms with E-state index in [1.807, 2.05) is 6.07 Å². The fourth-order valence-electron chi connectivity index (χ4n) is 4.93. The molecule has 9 heteroatoms. The molecule has 2 unspecified atom stereocenters. The summed E-state index contributed by atoms with van der Waals surface area (Å²) in [5.41, 5.74) is 5.18. The van der Waals surface area contributed by atoms with Crippen LogP contribution in [0.25, 0.3) is 16.7 Å². The fourth-order valence-corrected chi connectivity index (χ4v) is 4.93. The number of fused-ring (bicyclic) bond motifs is 2. The molecule has 1 aliphatic rings. The molecule has 1 fully saturated rings. The van der Waals surface area contributed by atoms with Gasteiger partial charge in [0.05, 0.1) is 41.1 Å². The SMILES string of the molecule is CCC1CN(C(C)c2ccc3nccnc3c2)CCN1c1cc(=O)n(C)n2cc(CC#N)nc12. The average Bonchev–Trinajstić information content (AvgIpc) is 3.29. The van der Waals surface area contributed by atoms with Gasteiger partial charge in [-0.2, -0.15) is 5.26 Å². The Hall–Kier alpha value is -3.77. The highest BCUT2D eigenvalue weighted by molar-refractivity contribution is 5.74. The maximum absolute atomic E-state index is 12.7. The van der Waals surface area contributed by atoms with E-state index >= 15 is 0 Å². The van der Waals surface area contributed by atoms with Gasteiger partial charge in [-0.05, 0) is 31.0 Å². The maximum Gasteiger partial charge on any atom is 0.267 e. The third kappa shape index (κ3) is 3.80. The molecule has 4 heterocycles. The lowest BCUT2D eigenvalue weighted by molar-refractivity contribution is 0.169. The summed E-state index contributed by atoms with van der Waals surface area (Å²) in [7, 11) is 1.72. The molecular formula is C25H28N8O. The van der Waals surface area contributed by atoms with Crippen molar-refractivity contribution in [1.82, 2.24) is 29.0 Å². The van der Waals surface area contributed by atoms with Gasteiger partial charge in [0.25, 0.3) is 5.56 Å². The number of benzene rings is 1. The number of imidazole rings is 1. The van der Waals surface area contributed by atoms with Gasteiger partial charge in [0.1, 0.15) is 0 Å². The van der Waals surface area contributed by atoms with Crippen LogP contribution in [0.15, 0.2) is 47.7 Å². The number of piperazine rings is 1. The van der Waals surface area contributed by atoms with Gasteiger partial charge in [0, 0.05) is 57.2 Å². The zero-order chi connectivity index (χ0) is 23.8. The molecule has 3 aromatic heterocycles. The third-order valence-corrected chi connectivity index (χ3v) is 6.95. The van der Waals surface area contributed by atoms with Crippen LogP contribution in [0.2, 0.25) is 0 Å². The number of rotatable bonds is 5. The Morgan fingerprint density at radius 1 is 1.18 bits per heavy atom. The molecule has 0 amide bonds. The van der Waals surface area contributed by atoms with Crippen molar-refractivity contribution in [2.45, 2.75) is 38.8 Å². The van der Waals surface area contributed by atoms with Crippen LogP contribution in [-0.4, -0.2) is 54.7 Å². The highest BCUT2D eigenvalue weighted by Gasteiger charge is 2.31. The van der Waals surface area contributed by atoms with E-state index in [2.05, 4.69) is 51.8 Å². The molecule has 174 valence electrons. The Bertz CT molecular complexity index is 1450. The first kappa shape index (κ1) is 22.0. The Labute approximate surface area is 197 Å². The molecule has 9 nitrogen and oxygen atoms in total. The van der Waals surface area contributed by atoms with Crippen molar-refractivity contribution >= 4 is 22.4 Å². The van der Waals surface area contributed by atoms with E-state index in [1.165, 1.54) is 10.2 Å². The average molecular weight is 457 g/mol. The molecule has 5 rings (SSSR count). The van der Waals surface area contributed by atoms with E-state index in [-0.39, 0.29) is 24.1 Å². The molecule has 4 aromatic rings. The van der Waals surface area contributed by atoms with Crippen molar-refractivity contribution in [2.24, 2.45) is 7.05 Å². The van der Waals surface area contributed by atoms with Gasteiger partial charge >= 0.3 is 0 Å². The largest absolute Gasteiger partial charge is 0.363 e.